The maximum Gasteiger partial charge on any atom is 0.437 e. The van der Waals surface area contributed by atoms with Crippen molar-refractivity contribution in [2.75, 3.05) is 0 Å². The van der Waals surface area contributed by atoms with Crippen LogP contribution in [0.5, 0.6) is 0 Å². The number of nitrogens with one attached hydrogen (secondary N) is 1. The molecule has 0 unspecified atom stereocenters. The third-order valence-corrected chi connectivity index (χ3v) is 5.22. The number of benzene rings is 1. The molecule has 32 heavy (non-hydrogen) atoms. The van der Waals surface area contributed by atoms with E-state index < -0.39 is 11.9 Å². The first-order chi connectivity index (χ1) is 15.1. The van der Waals surface area contributed by atoms with Crippen LogP contribution < -0.4 is 0 Å². The molecule has 0 atom stereocenters. The molecule has 0 aliphatic carbocycles. The number of hydrogen-bond acceptors (Lipinski definition) is 4. The summed E-state index contributed by atoms with van der Waals surface area (Å²) in [5, 5.41) is 8.96. The van der Waals surface area contributed by atoms with E-state index in [4.69, 9.17) is 0 Å². The fraction of sp³-hybridized carbons (Fsp3) is 0.304. The average molecular weight is 440 g/mol. The Labute approximate surface area is 183 Å². The van der Waals surface area contributed by atoms with Crippen molar-refractivity contribution in [3.63, 3.8) is 0 Å². The number of halogens is 3. The highest BCUT2D eigenvalue weighted by Gasteiger charge is 2.38. The lowest BCUT2D eigenvalue weighted by atomic mass is 9.86. The Hall–Kier alpha value is -3.49. The third kappa shape index (κ3) is 4.71. The molecule has 0 fully saturated rings. The molecule has 1 aromatic carbocycles. The minimum Gasteiger partial charge on any atom is -0.336 e. The van der Waals surface area contributed by atoms with Crippen molar-refractivity contribution in [3.8, 4) is 22.6 Å². The summed E-state index contributed by atoms with van der Waals surface area (Å²) in [6, 6.07) is 11.6. The van der Waals surface area contributed by atoms with Crippen LogP contribution in [0.1, 0.15) is 37.6 Å². The van der Waals surface area contributed by atoms with Crippen LogP contribution in [0.2, 0.25) is 0 Å². The van der Waals surface area contributed by atoms with E-state index >= 15 is 0 Å². The molecule has 6 nitrogen and oxygen atoms in total. The van der Waals surface area contributed by atoms with E-state index in [1.807, 2.05) is 10.8 Å². The van der Waals surface area contributed by atoms with Crippen molar-refractivity contribution < 1.29 is 13.2 Å². The first-order valence-corrected chi connectivity index (χ1v) is 10.2. The summed E-state index contributed by atoms with van der Waals surface area (Å²) in [5.41, 5.74) is 2.61. The first kappa shape index (κ1) is 21.7. The van der Waals surface area contributed by atoms with Crippen LogP contribution in [0, 0.1) is 0 Å². The first-order valence-electron chi connectivity index (χ1n) is 10.2. The normalized spacial score (nSPS) is 12.3. The van der Waals surface area contributed by atoms with Crippen LogP contribution >= 0.6 is 0 Å². The van der Waals surface area contributed by atoms with Crippen molar-refractivity contribution >= 4 is 0 Å². The second-order valence-electron chi connectivity index (χ2n) is 8.64. The molecule has 166 valence electrons. The number of aromatic nitrogens is 6. The van der Waals surface area contributed by atoms with Crippen molar-refractivity contribution in [2.24, 2.45) is 0 Å². The Morgan fingerprint density at radius 2 is 1.69 bits per heavy atom. The van der Waals surface area contributed by atoms with Gasteiger partial charge in [0.05, 0.1) is 12.0 Å². The van der Waals surface area contributed by atoms with Gasteiger partial charge in [0.1, 0.15) is 11.4 Å². The van der Waals surface area contributed by atoms with Gasteiger partial charge < -0.3 is 4.57 Å². The van der Waals surface area contributed by atoms with Gasteiger partial charge in [0.15, 0.2) is 5.69 Å². The molecule has 0 aliphatic heterocycles. The summed E-state index contributed by atoms with van der Waals surface area (Å²) in [6.07, 6.45) is 1.21. The average Bonchev–Trinajstić information content (AvgIpc) is 3.42. The molecular formula is C23H23F3N6. The number of hydrogen-bond donors (Lipinski definition) is 1. The van der Waals surface area contributed by atoms with Gasteiger partial charge >= 0.3 is 6.18 Å². The molecule has 3 aromatic heterocycles. The zero-order valence-electron chi connectivity index (χ0n) is 18.0. The van der Waals surface area contributed by atoms with Crippen molar-refractivity contribution in [1.82, 2.24) is 29.9 Å². The number of alkyl halides is 3. The van der Waals surface area contributed by atoms with Gasteiger partial charge in [0, 0.05) is 24.5 Å². The summed E-state index contributed by atoms with van der Waals surface area (Å²) in [7, 11) is 0. The Kier molecular flexibility index (Phi) is 5.58. The van der Waals surface area contributed by atoms with E-state index in [1.165, 1.54) is 29.5 Å². The highest BCUT2D eigenvalue weighted by Crippen LogP contribution is 2.34. The minimum atomic E-state index is -4.60. The molecule has 0 saturated heterocycles. The predicted molar refractivity (Wildman–Crippen MR) is 115 cm³/mol. The quantitative estimate of drug-likeness (QED) is 0.458. The summed E-state index contributed by atoms with van der Waals surface area (Å²) in [6.45, 7) is 7.28. The van der Waals surface area contributed by atoms with Crippen molar-refractivity contribution in [1.29, 1.82) is 0 Å². The molecule has 4 rings (SSSR count). The van der Waals surface area contributed by atoms with Crippen LogP contribution in [0.15, 0.2) is 55.1 Å². The van der Waals surface area contributed by atoms with Crippen LogP contribution in [0.3, 0.4) is 0 Å². The predicted octanol–water partition coefficient (Wildman–Crippen LogP) is 5.29. The lowest BCUT2D eigenvalue weighted by Gasteiger charge is -2.19. The van der Waals surface area contributed by atoms with Crippen LogP contribution in [-0.4, -0.2) is 29.9 Å². The monoisotopic (exact) mass is 440 g/mol. The largest absolute Gasteiger partial charge is 0.437 e. The summed E-state index contributed by atoms with van der Waals surface area (Å²) >= 11 is 0. The zero-order valence-corrected chi connectivity index (χ0v) is 18.0. The molecule has 3 heterocycles. The lowest BCUT2D eigenvalue weighted by Crippen LogP contribution is -2.10. The van der Waals surface area contributed by atoms with E-state index in [2.05, 4.69) is 70.4 Å². The molecule has 9 heteroatoms. The van der Waals surface area contributed by atoms with Crippen LogP contribution in [0.4, 0.5) is 13.2 Å². The number of nitrogens with zero attached hydrogens (tertiary/aromatic N) is 5. The van der Waals surface area contributed by atoms with Crippen LogP contribution in [-0.2, 0) is 24.6 Å². The van der Waals surface area contributed by atoms with Gasteiger partial charge in [-0.25, -0.2) is 4.98 Å². The van der Waals surface area contributed by atoms with Gasteiger partial charge in [0.25, 0.3) is 0 Å². The van der Waals surface area contributed by atoms with Gasteiger partial charge in [-0.2, -0.15) is 28.6 Å². The Bertz CT molecular complexity index is 1200. The number of rotatable bonds is 5. The van der Waals surface area contributed by atoms with Gasteiger partial charge in [-0.3, -0.25) is 4.98 Å². The molecule has 4 aromatic rings. The number of H-pyrrole nitrogens is 1. The molecular weight excluding hydrogens is 417 g/mol. The van der Waals surface area contributed by atoms with E-state index in [0.717, 1.165) is 13.0 Å². The maximum absolute atomic E-state index is 13.1. The summed E-state index contributed by atoms with van der Waals surface area (Å²) < 4.78 is 41.4. The number of imidazole rings is 1. The van der Waals surface area contributed by atoms with Gasteiger partial charge in [0.2, 0.25) is 0 Å². The molecule has 0 amide bonds. The molecule has 0 aliphatic rings. The molecule has 0 saturated carbocycles. The third-order valence-electron chi connectivity index (χ3n) is 5.22. The van der Waals surface area contributed by atoms with E-state index in [0.29, 0.717) is 11.4 Å². The Morgan fingerprint density at radius 1 is 0.938 bits per heavy atom. The molecule has 1 N–H and O–H groups in total. The van der Waals surface area contributed by atoms with E-state index in [9.17, 15) is 13.2 Å². The van der Waals surface area contributed by atoms with Gasteiger partial charge in [-0.1, -0.05) is 45.0 Å². The molecule has 0 radical (unpaired) electrons. The number of aryl methyl sites for hydroxylation is 2. The number of pyridine rings is 1. The summed E-state index contributed by atoms with van der Waals surface area (Å²) in [5.74, 6) is 0. The maximum atomic E-state index is 13.1. The van der Waals surface area contributed by atoms with E-state index in [-0.39, 0.29) is 16.7 Å². The Balaban J connectivity index is 1.49. The second kappa shape index (κ2) is 8.22. The fourth-order valence-electron chi connectivity index (χ4n) is 3.39. The van der Waals surface area contributed by atoms with Gasteiger partial charge in [-0.15, -0.1) is 0 Å². The van der Waals surface area contributed by atoms with Crippen molar-refractivity contribution in [2.45, 2.75) is 45.3 Å². The number of aromatic amines is 1. The topological polar surface area (TPSA) is 72.3 Å². The van der Waals surface area contributed by atoms with Gasteiger partial charge in [-0.05, 0) is 35.1 Å². The second-order valence-corrected chi connectivity index (χ2v) is 8.64. The van der Waals surface area contributed by atoms with Crippen LogP contribution in [0.25, 0.3) is 22.6 Å². The molecule has 0 bridgehead atoms. The smallest absolute Gasteiger partial charge is 0.336 e. The summed E-state index contributed by atoms with van der Waals surface area (Å²) in [4.78, 5) is 8.63. The lowest BCUT2D eigenvalue weighted by molar-refractivity contribution is -0.140. The highest BCUT2D eigenvalue weighted by atomic mass is 19.4. The van der Waals surface area contributed by atoms with E-state index in [1.54, 1.807) is 6.33 Å². The SMILES string of the molecule is CC(C)(C)c1ccc(CCn2cnc(-c3cc(-c4n[nH]nc4C(F)(F)F)ccn3)c2)cc1. The highest BCUT2D eigenvalue weighted by molar-refractivity contribution is 5.67. The van der Waals surface area contributed by atoms with Crippen molar-refractivity contribution in [3.05, 3.63) is 71.9 Å². The Morgan fingerprint density at radius 3 is 2.38 bits per heavy atom. The molecule has 0 spiro atoms. The zero-order chi connectivity index (χ0) is 22.9. The fourth-order valence-corrected chi connectivity index (χ4v) is 3.39. The standard InChI is InChI=1S/C23H23F3N6/c1-22(2,3)17-6-4-15(5-7-17)9-11-32-13-19(28-14-32)18-12-16(8-10-27-18)20-21(23(24,25)26)30-31-29-20/h4-8,10,12-14H,9,11H2,1-3H3,(H,29,30,31). The minimum absolute atomic E-state index is 0.117.